The van der Waals surface area contributed by atoms with Crippen LogP contribution in [0.4, 0.5) is 0 Å². The molecule has 2 aromatic carbocycles. The van der Waals surface area contributed by atoms with E-state index >= 15 is 0 Å². The molecule has 1 aliphatic heterocycles. The number of carboxylic acid groups (broad SMARTS) is 1. The Morgan fingerprint density at radius 1 is 1.00 bits per heavy atom. The molecule has 33 heavy (non-hydrogen) atoms. The zero-order valence-electron chi connectivity index (χ0n) is 19.1. The molecule has 7 nitrogen and oxygen atoms in total. The molecule has 0 fully saturated rings. The summed E-state index contributed by atoms with van der Waals surface area (Å²) in [6.07, 6.45) is 2.02. The van der Waals surface area contributed by atoms with Crippen LogP contribution in [0.2, 0.25) is 0 Å². The summed E-state index contributed by atoms with van der Waals surface area (Å²) in [5.41, 5.74) is 2.01. The monoisotopic (exact) mass is 452 g/mol. The number of nitrogens with one attached hydrogen (secondary N) is 2. The van der Waals surface area contributed by atoms with Gasteiger partial charge in [0.05, 0.1) is 0 Å². The Balaban J connectivity index is 1.60. The maximum atomic E-state index is 13.0. The molecule has 3 N–H and O–H groups in total. The topological polar surface area (TPSA) is 105 Å². The minimum atomic E-state index is -1.08. The number of fused-ring (bicyclic) bond motifs is 1. The van der Waals surface area contributed by atoms with E-state index in [1.165, 1.54) is 0 Å². The lowest BCUT2D eigenvalue weighted by atomic mass is 10.0. The van der Waals surface area contributed by atoms with E-state index in [1.807, 2.05) is 68.4 Å². The molecule has 176 valence electrons. The quantitative estimate of drug-likeness (QED) is 0.486. The van der Waals surface area contributed by atoms with Crippen LogP contribution in [0.3, 0.4) is 0 Å². The molecule has 7 heteroatoms. The number of carboxylic acids is 1. The van der Waals surface area contributed by atoms with Gasteiger partial charge in [0, 0.05) is 19.3 Å². The van der Waals surface area contributed by atoms with Gasteiger partial charge in [0.1, 0.15) is 23.9 Å². The van der Waals surface area contributed by atoms with E-state index in [2.05, 4.69) is 10.6 Å². The van der Waals surface area contributed by atoms with Gasteiger partial charge < -0.3 is 20.5 Å². The van der Waals surface area contributed by atoms with Gasteiger partial charge in [-0.25, -0.2) is 4.79 Å². The van der Waals surface area contributed by atoms with Crippen molar-refractivity contribution in [2.75, 3.05) is 0 Å². The van der Waals surface area contributed by atoms with Gasteiger partial charge in [0.25, 0.3) is 0 Å². The molecule has 0 saturated heterocycles. The minimum Gasteiger partial charge on any atom is -0.490 e. The lowest BCUT2D eigenvalue weighted by molar-refractivity contribution is -0.142. The second-order valence-electron chi connectivity index (χ2n) is 8.93. The maximum absolute atomic E-state index is 13.0. The number of hydrogen-bond acceptors (Lipinski definition) is 4. The van der Waals surface area contributed by atoms with Crippen molar-refractivity contribution in [3.05, 3.63) is 65.7 Å². The summed E-state index contributed by atoms with van der Waals surface area (Å²) >= 11 is 0. The first-order chi connectivity index (χ1) is 15.8. The van der Waals surface area contributed by atoms with E-state index in [9.17, 15) is 19.5 Å². The molecule has 2 amide bonds. The summed E-state index contributed by atoms with van der Waals surface area (Å²) in [5, 5.41) is 14.9. The molecule has 3 rings (SSSR count). The van der Waals surface area contributed by atoms with Crippen LogP contribution < -0.4 is 15.4 Å². The first-order valence-corrected chi connectivity index (χ1v) is 11.4. The van der Waals surface area contributed by atoms with Crippen molar-refractivity contribution in [3.63, 3.8) is 0 Å². The summed E-state index contributed by atoms with van der Waals surface area (Å²) in [6, 6.07) is 15.3. The van der Waals surface area contributed by atoms with Crippen LogP contribution in [-0.4, -0.2) is 41.1 Å². The Bertz CT molecular complexity index is 935. The molecule has 0 aliphatic carbocycles. The minimum absolute atomic E-state index is 0.0722. The normalized spacial score (nSPS) is 16.4. The average Bonchev–Trinajstić information content (AvgIpc) is 3.20. The van der Waals surface area contributed by atoms with E-state index in [0.29, 0.717) is 12.8 Å². The predicted molar refractivity (Wildman–Crippen MR) is 125 cm³/mol. The fourth-order valence-corrected chi connectivity index (χ4v) is 4.00. The molecular formula is C26H32N2O5. The number of ether oxygens (including phenoxy) is 1. The van der Waals surface area contributed by atoms with Crippen molar-refractivity contribution < 1.29 is 24.2 Å². The zero-order chi connectivity index (χ0) is 23.8. The Hall–Kier alpha value is -3.35. The van der Waals surface area contributed by atoms with Crippen LogP contribution in [0.5, 0.6) is 5.75 Å². The number of rotatable bonds is 11. The summed E-state index contributed by atoms with van der Waals surface area (Å²) in [4.78, 5) is 37.3. The van der Waals surface area contributed by atoms with Crippen molar-refractivity contribution in [2.45, 2.75) is 64.1 Å². The molecule has 1 heterocycles. The molecule has 0 radical (unpaired) electrons. The highest BCUT2D eigenvalue weighted by Crippen LogP contribution is 2.29. The van der Waals surface area contributed by atoms with Crippen molar-refractivity contribution in [3.8, 4) is 5.75 Å². The van der Waals surface area contributed by atoms with Gasteiger partial charge in [-0.1, -0.05) is 62.4 Å². The van der Waals surface area contributed by atoms with Crippen molar-refractivity contribution in [1.29, 1.82) is 0 Å². The van der Waals surface area contributed by atoms with E-state index < -0.39 is 24.0 Å². The highest BCUT2D eigenvalue weighted by atomic mass is 16.5. The molecule has 0 aromatic heterocycles. The summed E-state index contributed by atoms with van der Waals surface area (Å²) < 4.78 is 5.90. The highest BCUT2D eigenvalue weighted by molar-refractivity contribution is 5.90. The third kappa shape index (κ3) is 7.34. The Morgan fingerprint density at radius 2 is 1.70 bits per heavy atom. The summed E-state index contributed by atoms with van der Waals surface area (Å²) in [6.45, 7) is 3.80. The number of carbonyl (C=O) groups is 3. The van der Waals surface area contributed by atoms with E-state index in [1.54, 1.807) is 0 Å². The second kappa shape index (κ2) is 11.5. The van der Waals surface area contributed by atoms with Gasteiger partial charge in [0.2, 0.25) is 11.8 Å². The first-order valence-electron chi connectivity index (χ1n) is 11.4. The van der Waals surface area contributed by atoms with E-state index in [0.717, 1.165) is 23.3 Å². The molecular weight excluding hydrogens is 420 g/mol. The van der Waals surface area contributed by atoms with E-state index in [-0.39, 0.29) is 30.8 Å². The third-order valence-corrected chi connectivity index (χ3v) is 5.66. The standard InChI is InChI=1S/C26H32N2O5/c1-17(2)14-22(26(31)32)28-25(30)21(15-18-8-4-3-5-9-18)27-24(29)13-12-20-16-19-10-6-7-11-23(19)33-20/h3-11,17,20-22H,12-16H2,1-2H3,(H,27,29)(H,28,30)(H,31,32)/t20?,21-,22-/m0/s1. The van der Waals surface area contributed by atoms with Gasteiger partial charge in [-0.2, -0.15) is 0 Å². The lowest BCUT2D eigenvalue weighted by Crippen LogP contribution is -2.52. The number of aliphatic carboxylic acids is 1. The van der Waals surface area contributed by atoms with Gasteiger partial charge in [-0.15, -0.1) is 0 Å². The summed E-state index contributed by atoms with van der Waals surface area (Å²) in [7, 11) is 0. The SMILES string of the molecule is CC(C)C[C@H](NC(=O)[C@H](Cc1ccccc1)NC(=O)CCC1Cc2ccccc2O1)C(=O)O. The maximum Gasteiger partial charge on any atom is 0.326 e. The fourth-order valence-electron chi connectivity index (χ4n) is 4.00. The van der Waals surface area contributed by atoms with Crippen LogP contribution in [0.25, 0.3) is 0 Å². The Morgan fingerprint density at radius 3 is 2.36 bits per heavy atom. The van der Waals surface area contributed by atoms with Crippen LogP contribution in [0.15, 0.2) is 54.6 Å². The van der Waals surface area contributed by atoms with Crippen molar-refractivity contribution in [2.24, 2.45) is 5.92 Å². The summed E-state index contributed by atoms with van der Waals surface area (Å²) in [5.74, 6) is -0.885. The largest absolute Gasteiger partial charge is 0.490 e. The van der Waals surface area contributed by atoms with Crippen molar-refractivity contribution >= 4 is 17.8 Å². The van der Waals surface area contributed by atoms with Crippen molar-refractivity contribution in [1.82, 2.24) is 10.6 Å². The second-order valence-corrected chi connectivity index (χ2v) is 8.93. The number of para-hydroxylation sites is 1. The lowest BCUT2D eigenvalue weighted by Gasteiger charge is -2.23. The van der Waals surface area contributed by atoms with Crippen LogP contribution in [0, 0.1) is 5.92 Å². The average molecular weight is 453 g/mol. The fraction of sp³-hybridized carbons (Fsp3) is 0.423. The molecule has 2 aromatic rings. The van der Waals surface area contributed by atoms with Crippen LogP contribution >= 0.6 is 0 Å². The Labute approximate surface area is 194 Å². The number of amides is 2. The number of carbonyl (C=O) groups excluding carboxylic acids is 2. The molecule has 3 atom stereocenters. The van der Waals surface area contributed by atoms with Crippen LogP contribution in [0.1, 0.15) is 44.2 Å². The van der Waals surface area contributed by atoms with E-state index in [4.69, 9.17) is 4.74 Å². The molecule has 1 unspecified atom stereocenters. The smallest absolute Gasteiger partial charge is 0.326 e. The van der Waals surface area contributed by atoms with Gasteiger partial charge in [0.15, 0.2) is 0 Å². The van der Waals surface area contributed by atoms with Gasteiger partial charge >= 0.3 is 5.97 Å². The highest BCUT2D eigenvalue weighted by Gasteiger charge is 2.28. The molecule has 0 bridgehead atoms. The molecule has 1 aliphatic rings. The van der Waals surface area contributed by atoms with Crippen LogP contribution in [-0.2, 0) is 27.2 Å². The number of hydrogen-bond donors (Lipinski definition) is 3. The van der Waals surface area contributed by atoms with Gasteiger partial charge in [-0.05, 0) is 36.0 Å². The first kappa shape index (κ1) is 24.3. The number of benzene rings is 2. The Kier molecular flexibility index (Phi) is 8.46. The molecule has 0 saturated carbocycles. The molecule has 0 spiro atoms. The zero-order valence-corrected chi connectivity index (χ0v) is 19.1. The van der Waals surface area contributed by atoms with Gasteiger partial charge in [-0.3, -0.25) is 9.59 Å². The third-order valence-electron chi connectivity index (χ3n) is 5.66. The predicted octanol–water partition coefficient (Wildman–Crippen LogP) is 3.11.